The number of aromatic nitrogens is 1. The molecule has 2 aliphatic rings. The third-order valence-electron chi connectivity index (χ3n) is 4.29. The lowest BCUT2D eigenvalue weighted by atomic mass is 9.79. The highest BCUT2D eigenvalue weighted by Crippen LogP contribution is 2.37. The van der Waals surface area contributed by atoms with Crippen LogP contribution in [0.25, 0.3) is 0 Å². The van der Waals surface area contributed by atoms with Crippen LogP contribution in [-0.4, -0.2) is 24.1 Å². The molecule has 17 heavy (non-hydrogen) atoms. The molecule has 1 saturated carbocycles. The number of fused-ring (bicyclic) bond motifs is 1. The zero-order valence-electron chi connectivity index (χ0n) is 10.5. The molecule has 1 aliphatic carbocycles. The summed E-state index contributed by atoms with van der Waals surface area (Å²) in [5, 5.41) is 0. The Morgan fingerprint density at radius 1 is 1.24 bits per heavy atom. The van der Waals surface area contributed by atoms with Gasteiger partial charge in [-0.25, -0.2) is 4.98 Å². The molecule has 3 atom stereocenters. The van der Waals surface area contributed by atoms with E-state index in [2.05, 4.69) is 35.0 Å². The van der Waals surface area contributed by atoms with Gasteiger partial charge in [0.05, 0.1) is 0 Å². The third-order valence-corrected chi connectivity index (χ3v) is 4.29. The van der Waals surface area contributed by atoms with Crippen molar-refractivity contribution in [1.82, 2.24) is 4.98 Å². The van der Waals surface area contributed by atoms with Gasteiger partial charge in [-0.2, -0.15) is 0 Å². The van der Waals surface area contributed by atoms with Gasteiger partial charge in [-0.3, -0.25) is 0 Å². The zero-order chi connectivity index (χ0) is 11.8. The van der Waals surface area contributed by atoms with Gasteiger partial charge < -0.3 is 10.6 Å². The Bertz CT molecular complexity index is 404. The van der Waals surface area contributed by atoms with Crippen molar-refractivity contribution in [2.24, 2.45) is 17.6 Å². The quantitative estimate of drug-likeness (QED) is 0.803. The minimum Gasteiger partial charge on any atom is -0.356 e. The standard InChI is InChI=1S/C14H21N3/c1-10-3-2-4-14(16-10)17-8-11-5-6-13(15)7-12(11)9-17/h2-4,11-13H,5-9,15H2,1H3/t11-,12+,13?/m1/s1. The van der Waals surface area contributed by atoms with E-state index in [9.17, 15) is 0 Å². The zero-order valence-corrected chi connectivity index (χ0v) is 10.5. The van der Waals surface area contributed by atoms with Crippen LogP contribution in [0.1, 0.15) is 25.0 Å². The summed E-state index contributed by atoms with van der Waals surface area (Å²) >= 11 is 0. The second-order valence-electron chi connectivity index (χ2n) is 5.64. The van der Waals surface area contributed by atoms with E-state index in [1.165, 1.54) is 25.8 Å². The molecule has 0 spiro atoms. The third kappa shape index (κ3) is 2.16. The molecule has 1 saturated heterocycles. The monoisotopic (exact) mass is 231 g/mol. The predicted octanol–water partition coefficient (Wildman–Crippen LogP) is 1.95. The topological polar surface area (TPSA) is 42.1 Å². The van der Waals surface area contributed by atoms with Crippen LogP contribution < -0.4 is 10.6 Å². The number of rotatable bonds is 1. The molecular weight excluding hydrogens is 210 g/mol. The van der Waals surface area contributed by atoms with Crippen molar-refractivity contribution >= 4 is 5.82 Å². The summed E-state index contributed by atoms with van der Waals surface area (Å²) in [6.45, 7) is 4.38. The Hall–Kier alpha value is -1.09. The number of pyridine rings is 1. The Balaban J connectivity index is 1.75. The molecule has 3 nitrogen and oxygen atoms in total. The smallest absolute Gasteiger partial charge is 0.128 e. The molecule has 0 amide bonds. The van der Waals surface area contributed by atoms with Gasteiger partial charge in [0.15, 0.2) is 0 Å². The molecule has 0 radical (unpaired) electrons. The lowest BCUT2D eigenvalue weighted by Crippen LogP contribution is -2.32. The van der Waals surface area contributed by atoms with E-state index < -0.39 is 0 Å². The summed E-state index contributed by atoms with van der Waals surface area (Å²) in [6, 6.07) is 6.72. The number of nitrogens with zero attached hydrogens (tertiary/aromatic N) is 2. The molecule has 0 aromatic carbocycles. The lowest BCUT2D eigenvalue weighted by molar-refractivity contribution is 0.271. The molecule has 1 aliphatic heterocycles. The SMILES string of the molecule is Cc1cccc(N2C[C@H]3CCC(N)C[C@H]3C2)n1. The second-order valence-corrected chi connectivity index (χ2v) is 5.64. The Labute approximate surface area is 103 Å². The average Bonchev–Trinajstić information content (AvgIpc) is 2.72. The maximum atomic E-state index is 6.06. The number of hydrogen-bond donors (Lipinski definition) is 1. The van der Waals surface area contributed by atoms with Gasteiger partial charge in [-0.15, -0.1) is 0 Å². The summed E-state index contributed by atoms with van der Waals surface area (Å²) < 4.78 is 0. The maximum absolute atomic E-state index is 6.06. The van der Waals surface area contributed by atoms with Gasteiger partial charge in [0.1, 0.15) is 5.82 Å². The molecule has 3 rings (SSSR count). The van der Waals surface area contributed by atoms with E-state index in [0.717, 1.165) is 29.9 Å². The summed E-state index contributed by atoms with van der Waals surface area (Å²) in [5.74, 6) is 2.78. The van der Waals surface area contributed by atoms with Crippen molar-refractivity contribution in [3.63, 3.8) is 0 Å². The summed E-state index contributed by atoms with van der Waals surface area (Å²) in [4.78, 5) is 7.07. The summed E-state index contributed by atoms with van der Waals surface area (Å²) in [6.07, 6.45) is 3.71. The number of anilines is 1. The molecule has 92 valence electrons. The minimum absolute atomic E-state index is 0.432. The van der Waals surface area contributed by atoms with Crippen LogP contribution in [0.2, 0.25) is 0 Å². The molecule has 2 fully saturated rings. The van der Waals surface area contributed by atoms with Crippen LogP contribution in [0, 0.1) is 18.8 Å². The van der Waals surface area contributed by atoms with Gasteiger partial charge in [0, 0.05) is 24.8 Å². The van der Waals surface area contributed by atoms with Crippen LogP contribution in [0.4, 0.5) is 5.82 Å². The summed E-state index contributed by atoms with van der Waals surface area (Å²) in [5.41, 5.74) is 7.17. The molecule has 2 heterocycles. The van der Waals surface area contributed by atoms with Gasteiger partial charge in [0.25, 0.3) is 0 Å². The van der Waals surface area contributed by atoms with Crippen LogP contribution in [0.3, 0.4) is 0 Å². The second kappa shape index (κ2) is 4.30. The highest BCUT2D eigenvalue weighted by molar-refractivity contribution is 5.41. The van der Waals surface area contributed by atoms with E-state index in [4.69, 9.17) is 5.73 Å². The minimum atomic E-state index is 0.432. The first kappa shape index (κ1) is 11.0. The molecule has 3 heteroatoms. The first-order valence-electron chi connectivity index (χ1n) is 6.66. The first-order chi connectivity index (χ1) is 8.22. The molecular formula is C14H21N3. The molecule has 1 unspecified atom stereocenters. The van der Waals surface area contributed by atoms with Gasteiger partial charge in [-0.05, 0) is 50.2 Å². The number of hydrogen-bond acceptors (Lipinski definition) is 3. The fourth-order valence-corrected chi connectivity index (χ4v) is 3.36. The first-order valence-corrected chi connectivity index (χ1v) is 6.66. The van der Waals surface area contributed by atoms with Crippen molar-refractivity contribution in [1.29, 1.82) is 0 Å². The Kier molecular flexibility index (Phi) is 2.79. The highest BCUT2D eigenvalue weighted by Gasteiger charge is 2.37. The molecule has 1 aromatic heterocycles. The van der Waals surface area contributed by atoms with E-state index in [1.807, 2.05) is 0 Å². The van der Waals surface area contributed by atoms with Crippen molar-refractivity contribution in [3.8, 4) is 0 Å². The largest absolute Gasteiger partial charge is 0.356 e. The Morgan fingerprint density at radius 3 is 2.88 bits per heavy atom. The van der Waals surface area contributed by atoms with Crippen LogP contribution in [0.5, 0.6) is 0 Å². The van der Waals surface area contributed by atoms with Gasteiger partial charge in [-0.1, -0.05) is 6.07 Å². The normalized spacial score (nSPS) is 32.6. The average molecular weight is 231 g/mol. The highest BCUT2D eigenvalue weighted by atomic mass is 15.2. The summed E-state index contributed by atoms with van der Waals surface area (Å²) in [7, 11) is 0. The predicted molar refractivity (Wildman–Crippen MR) is 70.0 cm³/mol. The van der Waals surface area contributed by atoms with Crippen molar-refractivity contribution in [2.75, 3.05) is 18.0 Å². The van der Waals surface area contributed by atoms with E-state index in [1.54, 1.807) is 0 Å². The van der Waals surface area contributed by atoms with Crippen molar-refractivity contribution < 1.29 is 0 Å². The van der Waals surface area contributed by atoms with Gasteiger partial charge in [0.2, 0.25) is 0 Å². The lowest BCUT2D eigenvalue weighted by Gasteiger charge is -2.27. The number of aryl methyl sites for hydroxylation is 1. The van der Waals surface area contributed by atoms with E-state index in [0.29, 0.717) is 6.04 Å². The molecule has 1 aromatic rings. The van der Waals surface area contributed by atoms with Crippen LogP contribution in [-0.2, 0) is 0 Å². The Morgan fingerprint density at radius 2 is 2.06 bits per heavy atom. The van der Waals surface area contributed by atoms with Crippen LogP contribution >= 0.6 is 0 Å². The fourth-order valence-electron chi connectivity index (χ4n) is 3.36. The van der Waals surface area contributed by atoms with E-state index >= 15 is 0 Å². The van der Waals surface area contributed by atoms with Crippen LogP contribution in [0.15, 0.2) is 18.2 Å². The fraction of sp³-hybridized carbons (Fsp3) is 0.643. The number of nitrogens with two attached hydrogens (primary N) is 1. The maximum Gasteiger partial charge on any atom is 0.128 e. The van der Waals surface area contributed by atoms with E-state index in [-0.39, 0.29) is 0 Å². The molecule has 0 bridgehead atoms. The molecule has 2 N–H and O–H groups in total. The van der Waals surface area contributed by atoms with Crippen molar-refractivity contribution in [2.45, 2.75) is 32.2 Å². The van der Waals surface area contributed by atoms with Crippen molar-refractivity contribution in [3.05, 3.63) is 23.9 Å². The van der Waals surface area contributed by atoms with Gasteiger partial charge >= 0.3 is 0 Å².